The van der Waals surface area contributed by atoms with Crippen LogP contribution in [-0.4, -0.2) is 15.5 Å². The van der Waals surface area contributed by atoms with Gasteiger partial charge in [0.2, 0.25) is 0 Å². The molecule has 0 bridgehead atoms. The Hall–Kier alpha value is -2.28. The van der Waals surface area contributed by atoms with Crippen LogP contribution in [0, 0.1) is 5.82 Å². The van der Waals surface area contributed by atoms with Crippen LogP contribution >= 0.6 is 0 Å². The first-order valence-electron chi connectivity index (χ1n) is 5.65. The summed E-state index contributed by atoms with van der Waals surface area (Å²) in [5.41, 5.74) is 5.67. The van der Waals surface area contributed by atoms with Gasteiger partial charge in [0.05, 0.1) is 12.8 Å². The van der Waals surface area contributed by atoms with Crippen LogP contribution in [0.5, 0.6) is 5.75 Å². The van der Waals surface area contributed by atoms with Gasteiger partial charge in [0.25, 0.3) is 10.0 Å². The summed E-state index contributed by atoms with van der Waals surface area (Å²) in [6.45, 7) is 0. The van der Waals surface area contributed by atoms with Gasteiger partial charge in [-0.3, -0.25) is 4.72 Å². The molecule has 0 radical (unpaired) electrons. The SMILES string of the molecule is COc1ccc(NS(=O)(=O)c2c(N)cccc2F)cc1. The lowest BCUT2D eigenvalue weighted by Gasteiger charge is -2.11. The van der Waals surface area contributed by atoms with Gasteiger partial charge in [-0.15, -0.1) is 0 Å². The number of hydrogen-bond donors (Lipinski definition) is 2. The number of nitrogens with one attached hydrogen (secondary N) is 1. The Kier molecular flexibility index (Phi) is 3.80. The molecular formula is C13H13FN2O3S. The lowest BCUT2D eigenvalue weighted by atomic mass is 10.3. The summed E-state index contributed by atoms with van der Waals surface area (Å²) in [6, 6.07) is 9.90. The van der Waals surface area contributed by atoms with Gasteiger partial charge in [0.15, 0.2) is 0 Å². The second-order valence-electron chi connectivity index (χ2n) is 3.99. The summed E-state index contributed by atoms with van der Waals surface area (Å²) < 4.78 is 45.1. The van der Waals surface area contributed by atoms with Crippen molar-refractivity contribution in [2.75, 3.05) is 17.6 Å². The maximum Gasteiger partial charge on any atom is 0.266 e. The number of ether oxygens (including phenoxy) is 1. The predicted octanol–water partition coefficient (Wildman–Crippen LogP) is 2.22. The van der Waals surface area contributed by atoms with Crippen molar-refractivity contribution in [2.45, 2.75) is 4.90 Å². The van der Waals surface area contributed by atoms with Gasteiger partial charge >= 0.3 is 0 Å². The molecule has 20 heavy (non-hydrogen) atoms. The Morgan fingerprint density at radius 2 is 1.80 bits per heavy atom. The van der Waals surface area contributed by atoms with Gasteiger partial charge < -0.3 is 10.5 Å². The van der Waals surface area contributed by atoms with E-state index in [0.717, 1.165) is 6.07 Å². The normalized spacial score (nSPS) is 11.1. The monoisotopic (exact) mass is 296 g/mol. The third-order valence-corrected chi connectivity index (χ3v) is 4.08. The summed E-state index contributed by atoms with van der Waals surface area (Å²) in [5.74, 6) is -0.315. The molecule has 0 aromatic heterocycles. The molecule has 0 aliphatic rings. The fourth-order valence-electron chi connectivity index (χ4n) is 1.67. The van der Waals surface area contributed by atoms with Crippen LogP contribution in [0.25, 0.3) is 0 Å². The Balaban J connectivity index is 2.35. The van der Waals surface area contributed by atoms with E-state index in [1.165, 1.54) is 31.4 Å². The molecule has 0 unspecified atom stereocenters. The lowest BCUT2D eigenvalue weighted by Crippen LogP contribution is -2.16. The molecule has 0 spiro atoms. The first-order valence-corrected chi connectivity index (χ1v) is 7.13. The van der Waals surface area contributed by atoms with Crippen LogP contribution in [0.2, 0.25) is 0 Å². The van der Waals surface area contributed by atoms with E-state index in [9.17, 15) is 12.8 Å². The van der Waals surface area contributed by atoms with Gasteiger partial charge in [0.1, 0.15) is 16.5 Å². The fraction of sp³-hybridized carbons (Fsp3) is 0.0769. The molecule has 3 N–H and O–H groups in total. The third kappa shape index (κ3) is 2.83. The minimum Gasteiger partial charge on any atom is -0.497 e. The molecule has 0 atom stereocenters. The molecule has 7 heteroatoms. The highest BCUT2D eigenvalue weighted by Crippen LogP contribution is 2.25. The van der Waals surface area contributed by atoms with E-state index in [2.05, 4.69) is 4.72 Å². The van der Waals surface area contributed by atoms with Gasteiger partial charge in [-0.25, -0.2) is 12.8 Å². The highest BCUT2D eigenvalue weighted by atomic mass is 32.2. The quantitative estimate of drug-likeness (QED) is 0.848. The number of methoxy groups -OCH3 is 1. The molecule has 0 saturated carbocycles. The summed E-state index contributed by atoms with van der Waals surface area (Å²) in [4.78, 5) is -0.559. The van der Waals surface area contributed by atoms with E-state index in [1.54, 1.807) is 12.1 Å². The van der Waals surface area contributed by atoms with E-state index < -0.39 is 20.7 Å². The van der Waals surface area contributed by atoms with E-state index in [1.807, 2.05) is 0 Å². The van der Waals surface area contributed by atoms with Gasteiger partial charge in [-0.05, 0) is 36.4 Å². The number of sulfonamides is 1. The molecule has 0 heterocycles. The standard InChI is InChI=1S/C13H13FN2O3S/c1-19-10-7-5-9(6-8-10)16-20(17,18)13-11(14)3-2-4-12(13)15/h2-8,16H,15H2,1H3. The van der Waals surface area contributed by atoms with Crippen LogP contribution in [0.15, 0.2) is 47.4 Å². The highest BCUT2D eigenvalue weighted by Gasteiger charge is 2.22. The zero-order chi connectivity index (χ0) is 14.8. The minimum absolute atomic E-state index is 0.147. The Labute approximate surface area is 116 Å². The van der Waals surface area contributed by atoms with E-state index in [-0.39, 0.29) is 11.4 Å². The van der Waals surface area contributed by atoms with E-state index >= 15 is 0 Å². The Bertz CT molecular complexity index is 695. The average Bonchev–Trinajstić information content (AvgIpc) is 2.38. The summed E-state index contributed by atoms with van der Waals surface area (Å²) in [7, 11) is -2.59. The average molecular weight is 296 g/mol. The van der Waals surface area contributed by atoms with Crippen LogP contribution in [0.1, 0.15) is 0 Å². The molecule has 0 amide bonds. The second-order valence-corrected chi connectivity index (χ2v) is 5.61. The molecule has 2 aromatic carbocycles. The van der Waals surface area contributed by atoms with Crippen molar-refractivity contribution in [3.05, 3.63) is 48.3 Å². The lowest BCUT2D eigenvalue weighted by molar-refractivity contribution is 0.415. The van der Waals surface area contributed by atoms with Crippen molar-refractivity contribution in [1.29, 1.82) is 0 Å². The zero-order valence-electron chi connectivity index (χ0n) is 10.6. The number of nitrogen functional groups attached to an aromatic ring is 1. The maximum atomic E-state index is 13.6. The first-order chi connectivity index (χ1) is 9.44. The van der Waals surface area contributed by atoms with Crippen LogP contribution in [-0.2, 0) is 10.0 Å². The van der Waals surface area contributed by atoms with Crippen molar-refractivity contribution in [2.24, 2.45) is 0 Å². The summed E-state index contributed by atoms with van der Waals surface area (Å²) in [5, 5.41) is 0. The second kappa shape index (κ2) is 5.38. The van der Waals surface area contributed by atoms with Crippen LogP contribution in [0.4, 0.5) is 15.8 Å². The molecule has 2 rings (SSSR count). The van der Waals surface area contributed by atoms with Crippen molar-refractivity contribution >= 4 is 21.4 Å². The summed E-state index contributed by atoms with van der Waals surface area (Å²) >= 11 is 0. The molecular weight excluding hydrogens is 283 g/mol. The predicted molar refractivity (Wildman–Crippen MR) is 74.6 cm³/mol. The molecule has 2 aromatic rings. The number of rotatable bonds is 4. The number of nitrogens with two attached hydrogens (primary N) is 1. The van der Waals surface area contributed by atoms with E-state index in [0.29, 0.717) is 5.75 Å². The molecule has 0 aliphatic carbocycles. The summed E-state index contributed by atoms with van der Waals surface area (Å²) in [6.07, 6.45) is 0. The zero-order valence-corrected chi connectivity index (χ0v) is 11.4. The number of hydrogen-bond acceptors (Lipinski definition) is 4. The van der Waals surface area contributed by atoms with Crippen LogP contribution in [0.3, 0.4) is 0 Å². The third-order valence-electron chi connectivity index (χ3n) is 2.61. The van der Waals surface area contributed by atoms with Gasteiger partial charge in [0, 0.05) is 5.69 Å². The largest absolute Gasteiger partial charge is 0.497 e. The smallest absolute Gasteiger partial charge is 0.266 e. The maximum absolute atomic E-state index is 13.6. The molecule has 0 fully saturated rings. The molecule has 0 aliphatic heterocycles. The van der Waals surface area contributed by atoms with Crippen molar-refractivity contribution in [3.8, 4) is 5.75 Å². The molecule has 0 saturated heterocycles. The Morgan fingerprint density at radius 1 is 1.15 bits per heavy atom. The Morgan fingerprint density at radius 3 is 2.35 bits per heavy atom. The molecule has 5 nitrogen and oxygen atoms in total. The minimum atomic E-state index is -4.09. The first kappa shape index (κ1) is 14.1. The molecule has 106 valence electrons. The van der Waals surface area contributed by atoms with Crippen LogP contribution < -0.4 is 15.2 Å². The van der Waals surface area contributed by atoms with Crippen molar-refractivity contribution in [1.82, 2.24) is 0 Å². The van der Waals surface area contributed by atoms with E-state index in [4.69, 9.17) is 10.5 Å². The fourth-order valence-corrected chi connectivity index (χ4v) is 2.93. The van der Waals surface area contributed by atoms with Crippen molar-refractivity contribution < 1.29 is 17.5 Å². The topological polar surface area (TPSA) is 81.4 Å². The number of anilines is 2. The van der Waals surface area contributed by atoms with Gasteiger partial charge in [-0.1, -0.05) is 6.07 Å². The van der Waals surface area contributed by atoms with Gasteiger partial charge in [-0.2, -0.15) is 0 Å². The number of benzene rings is 2. The van der Waals surface area contributed by atoms with Crippen molar-refractivity contribution in [3.63, 3.8) is 0 Å². The number of halogens is 1. The highest BCUT2D eigenvalue weighted by molar-refractivity contribution is 7.92.